The molecule has 0 radical (unpaired) electrons. The molecule has 0 amide bonds. The fourth-order valence-electron chi connectivity index (χ4n) is 1.09. The van der Waals surface area contributed by atoms with Gasteiger partial charge in [0.15, 0.2) is 5.69 Å². The molecule has 1 rings (SSSR count). The van der Waals surface area contributed by atoms with E-state index in [-0.39, 0.29) is 30.4 Å². The van der Waals surface area contributed by atoms with Crippen LogP contribution in [0.4, 0.5) is 0 Å². The van der Waals surface area contributed by atoms with Crippen molar-refractivity contribution in [2.75, 3.05) is 13.2 Å². The van der Waals surface area contributed by atoms with Crippen molar-refractivity contribution in [2.24, 2.45) is 0 Å². The second kappa shape index (κ2) is 5.88. The van der Waals surface area contributed by atoms with Crippen LogP contribution < -0.4 is 0 Å². The Morgan fingerprint density at radius 1 is 1.00 bits per heavy atom. The first-order valence-corrected chi connectivity index (χ1v) is 5.15. The zero-order chi connectivity index (χ0) is 12.8. The van der Waals surface area contributed by atoms with Crippen LogP contribution in [0.2, 0.25) is 0 Å². The van der Waals surface area contributed by atoms with E-state index in [1.807, 2.05) is 0 Å². The van der Waals surface area contributed by atoms with Gasteiger partial charge in [0.1, 0.15) is 5.82 Å². The fourth-order valence-corrected chi connectivity index (χ4v) is 1.09. The van der Waals surface area contributed by atoms with Crippen LogP contribution in [0.1, 0.15) is 40.6 Å². The van der Waals surface area contributed by atoms with Crippen LogP contribution in [-0.2, 0) is 9.47 Å². The van der Waals surface area contributed by atoms with Crippen LogP contribution in [0, 0.1) is 6.92 Å². The topological polar surface area (TPSA) is 91.3 Å². The Balaban J connectivity index is 3.11. The summed E-state index contributed by atoms with van der Waals surface area (Å²) in [6, 6.07) is 0. The highest BCUT2D eigenvalue weighted by Gasteiger charge is 2.23. The monoisotopic (exact) mass is 239 g/mol. The molecule has 0 bridgehead atoms. The maximum atomic E-state index is 11.6. The van der Waals surface area contributed by atoms with Gasteiger partial charge in [-0.25, -0.2) is 14.6 Å². The van der Waals surface area contributed by atoms with Gasteiger partial charge in [-0.1, -0.05) is 0 Å². The van der Waals surface area contributed by atoms with Crippen molar-refractivity contribution in [3.63, 3.8) is 0 Å². The Labute approximate surface area is 98.2 Å². The number of rotatable bonds is 4. The van der Waals surface area contributed by atoms with Gasteiger partial charge < -0.3 is 9.47 Å². The summed E-state index contributed by atoms with van der Waals surface area (Å²) in [6.07, 6.45) is 0. The molecule has 0 atom stereocenters. The number of aromatic nitrogens is 3. The summed E-state index contributed by atoms with van der Waals surface area (Å²) in [6.45, 7) is 5.23. The zero-order valence-corrected chi connectivity index (χ0v) is 9.89. The molecular weight excluding hydrogens is 226 g/mol. The molecule has 0 spiro atoms. The van der Waals surface area contributed by atoms with Gasteiger partial charge in [-0.2, -0.15) is 0 Å². The number of ether oxygens (including phenoxy) is 2. The van der Waals surface area contributed by atoms with Crippen molar-refractivity contribution in [1.29, 1.82) is 0 Å². The fraction of sp³-hybridized carbons (Fsp3) is 0.500. The number of hydrogen-bond acceptors (Lipinski definition) is 7. The Bertz CT molecular complexity index is 434. The Kier molecular flexibility index (Phi) is 4.50. The lowest BCUT2D eigenvalue weighted by molar-refractivity contribution is 0.0465. The highest BCUT2D eigenvalue weighted by atomic mass is 16.5. The van der Waals surface area contributed by atoms with E-state index in [4.69, 9.17) is 9.47 Å². The average Bonchev–Trinajstić information content (AvgIpc) is 2.29. The second-order valence-electron chi connectivity index (χ2n) is 3.00. The lowest BCUT2D eigenvalue weighted by Crippen LogP contribution is -2.19. The molecule has 0 aliphatic rings. The largest absolute Gasteiger partial charge is 0.461 e. The van der Waals surface area contributed by atoms with Crippen LogP contribution in [0.3, 0.4) is 0 Å². The predicted molar refractivity (Wildman–Crippen MR) is 56.5 cm³/mol. The van der Waals surface area contributed by atoms with Gasteiger partial charge in [0.05, 0.1) is 13.2 Å². The second-order valence-corrected chi connectivity index (χ2v) is 3.00. The Morgan fingerprint density at radius 3 is 2.06 bits per heavy atom. The lowest BCUT2D eigenvalue weighted by Gasteiger charge is -2.06. The van der Waals surface area contributed by atoms with Crippen molar-refractivity contribution in [3.05, 3.63) is 17.2 Å². The summed E-state index contributed by atoms with van der Waals surface area (Å²) in [4.78, 5) is 26.9. The summed E-state index contributed by atoms with van der Waals surface area (Å²) in [5.74, 6) is -1.18. The molecule has 7 heteroatoms. The molecule has 17 heavy (non-hydrogen) atoms. The molecule has 1 aromatic rings. The van der Waals surface area contributed by atoms with E-state index in [0.717, 1.165) is 0 Å². The Hall–Kier alpha value is -2.05. The molecule has 92 valence electrons. The van der Waals surface area contributed by atoms with Crippen LogP contribution >= 0.6 is 0 Å². The van der Waals surface area contributed by atoms with Crippen LogP contribution in [-0.4, -0.2) is 40.3 Å². The lowest BCUT2D eigenvalue weighted by atomic mass is 10.3. The molecule has 0 saturated carbocycles. The molecule has 0 N–H and O–H groups in total. The first kappa shape index (κ1) is 13.0. The van der Waals surface area contributed by atoms with Crippen molar-refractivity contribution < 1.29 is 19.1 Å². The minimum Gasteiger partial charge on any atom is -0.461 e. The number of carbonyl (C=O) groups is 2. The molecule has 0 aliphatic carbocycles. The summed E-state index contributed by atoms with van der Waals surface area (Å²) >= 11 is 0. The molecule has 0 unspecified atom stereocenters. The summed E-state index contributed by atoms with van der Waals surface area (Å²) < 4.78 is 9.52. The van der Waals surface area contributed by atoms with Gasteiger partial charge >= 0.3 is 11.9 Å². The predicted octanol–water partition coefficient (Wildman–Crippen LogP) is 0.533. The summed E-state index contributed by atoms with van der Waals surface area (Å²) in [5, 5.41) is 7.23. The first-order chi connectivity index (χ1) is 8.10. The van der Waals surface area contributed by atoms with Crippen molar-refractivity contribution in [2.45, 2.75) is 20.8 Å². The van der Waals surface area contributed by atoms with Gasteiger partial charge in [0.2, 0.25) is 5.69 Å². The number of carbonyl (C=O) groups excluding carboxylic acids is 2. The van der Waals surface area contributed by atoms with Crippen molar-refractivity contribution in [1.82, 2.24) is 15.2 Å². The number of nitrogens with zero attached hydrogens (tertiary/aromatic N) is 3. The first-order valence-electron chi connectivity index (χ1n) is 5.15. The van der Waals surface area contributed by atoms with E-state index in [1.165, 1.54) is 0 Å². The highest BCUT2D eigenvalue weighted by Crippen LogP contribution is 2.06. The van der Waals surface area contributed by atoms with E-state index in [1.54, 1.807) is 20.8 Å². The smallest absolute Gasteiger partial charge is 0.361 e. The molecule has 7 nitrogen and oxygen atoms in total. The van der Waals surface area contributed by atoms with Gasteiger partial charge in [-0.15, -0.1) is 10.2 Å². The summed E-state index contributed by atoms with van der Waals surface area (Å²) in [5.41, 5.74) is -0.395. The molecule has 0 fully saturated rings. The molecule has 1 aromatic heterocycles. The standard InChI is InChI=1S/C10H13N3O4/c1-4-16-9(14)7-8(10(15)17-5-2)13-12-6(3)11-7/h4-5H2,1-3H3. The minimum atomic E-state index is -0.740. The maximum absolute atomic E-state index is 11.6. The van der Waals surface area contributed by atoms with E-state index >= 15 is 0 Å². The SMILES string of the molecule is CCOC(=O)c1nnc(C)nc1C(=O)OCC. The highest BCUT2D eigenvalue weighted by molar-refractivity contribution is 6.00. The normalized spacial score (nSPS) is 9.82. The average molecular weight is 239 g/mol. The van der Waals surface area contributed by atoms with E-state index in [2.05, 4.69) is 15.2 Å². The molecule has 0 saturated heterocycles. The van der Waals surface area contributed by atoms with Crippen LogP contribution in [0.15, 0.2) is 0 Å². The zero-order valence-electron chi connectivity index (χ0n) is 9.89. The van der Waals surface area contributed by atoms with Crippen LogP contribution in [0.25, 0.3) is 0 Å². The van der Waals surface area contributed by atoms with Gasteiger partial charge in [-0.05, 0) is 20.8 Å². The molecule has 1 heterocycles. The number of esters is 2. The van der Waals surface area contributed by atoms with Gasteiger partial charge in [0, 0.05) is 0 Å². The van der Waals surface area contributed by atoms with Crippen LogP contribution in [0.5, 0.6) is 0 Å². The van der Waals surface area contributed by atoms with Crippen molar-refractivity contribution in [3.8, 4) is 0 Å². The molecular formula is C10H13N3O4. The van der Waals surface area contributed by atoms with E-state index in [0.29, 0.717) is 0 Å². The third kappa shape index (κ3) is 3.20. The van der Waals surface area contributed by atoms with E-state index in [9.17, 15) is 9.59 Å². The number of hydrogen-bond donors (Lipinski definition) is 0. The molecule has 0 aromatic carbocycles. The van der Waals surface area contributed by atoms with Gasteiger partial charge in [0.25, 0.3) is 0 Å². The molecule has 0 aliphatic heterocycles. The number of aryl methyl sites for hydroxylation is 1. The Morgan fingerprint density at radius 2 is 1.53 bits per heavy atom. The third-order valence-electron chi connectivity index (χ3n) is 1.73. The van der Waals surface area contributed by atoms with E-state index < -0.39 is 11.9 Å². The summed E-state index contributed by atoms with van der Waals surface area (Å²) in [7, 11) is 0. The van der Waals surface area contributed by atoms with Gasteiger partial charge in [-0.3, -0.25) is 0 Å². The quantitative estimate of drug-likeness (QED) is 0.708. The maximum Gasteiger partial charge on any atom is 0.361 e. The minimum absolute atomic E-state index is 0.169. The third-order valence-corrected chi connectivity index (χ3v) is 1.73. The van der Waals surface area contributed by atoms with Crippen molar-refractivity contribution >= 4 is 11.9 Å².